The van der Waals surface area contributed by atoms with Crippen molar-refractivity contribution in [1.82, 2.24) is 9.88 Å². The van der Waals surface area contributed by atoms with E-state index in [-0.39, 0.29) is 11.8 Å². The Morgan fingerprint density at radius 2 is 1.72 bits per heavy atom. The fourth-order valence-corrected chi connectivity index (χ4v) is 6.52. The van der Waals surface area contributed by atoms with Crippen molar-refractivity contribution in [2.75, 3.05) is 18.4 Å². The van der Waals surface area contributed by atoms with Crippen molar-refractivity contribution in [3.05, 3.63) is 87.4 Å². The lowest BCUT2D eigenvalue weighted by molar-refractivity contribution is 0.0720. The molecule has 1 aliphatic rings. The number of likely N-dealkylation sites (tertiary alicyclic amines) is 1. The minimum absolute atomic E-state index is 0.0815. The Morgan fingerprint density at radius 1 is 0.944 bits per heavy atom. The minimum atomic E-state index is -0.297. The average molecular weight is 557 g/mol. The Bertz CT molecular complexity index is 1430. The molecular formula is C27H23Cl2N3O2S2. The van der Waals surface area contributed by atoms with Crippen LogP contribution in [-0.4, -0.2) is 34.8 Å². The van der Waals surface area contributed by atoms with E-state index in [4.69, 9.17) is 28.2 Å². The van der Waals surface area contributed by atoms with Gasteiger partial charge in [-0.05, 0) is 67.3 Å². The zero-order valence-electron chi connectivity index (χ0n) is 19.3. The number of halogens is 2. The number of benzene rings is 3. The van der Waals surface area contributed by atoms with E-state index in [9.17, 15) is 9.59 Å². The highest BCUT2D eigenvalue weighted by Crippen LogP contribution is 2.34. The normalized spacial score (nSPS) is 13.7. The van der Waals surface area contributed by atoms with E-state index >= 15 is 0 Å². The fourth-order valence-electron chi connectivity index (χ4n) is 4.15. The molecule has 2 amide bonds. The number of nitrogens with one attached hydrogen (secondary N) is 1. The number of fused-ring (bicyclic) bond motifs is 1. The number of nitrogens with zero attached hydrogens (tertiary/aromatic N) is 2. The van der Waals surface area contributed by atoms with E-state index in [1.165, 1.54) is 0 Å². The third-order valence-corrected chi connectivity index (χ3v) is 8.99. The van der Waals surface area contributed by atoms with Gasteiger partial charge in [-0.3, -0.25) is 9.59 Å². The van der Waals surface area contributed by atoms with Crippen molar-refractivity contribution in [1.29, 1.82) is 0 Å². The lowest BCUT2D eigenvalue weighted by Gasteiger charge is -2.27. The van der Waals surface area contributed by atoms with Crippen LogP contribution in [0.15, 0.2) is 65.0 Å². The second kappa shape index (κ2) is 11.2. The predicted octanol–water partition coefficient (Wildman–Crippen LogP) is 7.77. The molecule has 1 fully saturated rings. The summed E-state index contributed by atoms with van der Waals surface area (Å²) in [7, 11) is 0. The van der Waals surface area contributed by atoms with Gasteiger partial charge in [-0.1, -0.05) is 53.2 Å². The summed E-state index contributed by atoms with van der Waals surface area (Å²) in [6.07, 6.45) is 3.15. The summed E-state index contributed by atoms with van der Waals surface area (Å²) in [5, 5.41) is 4.04. The largest absolute Gasteiger partial charge is 0.339 e. The van der Waals surface area contributed by atoms with Gasteiger partial charge >= 0.3 is 0 Å². The summed E-state index contributed by atoms with van der Waals surface area (Å²) in [5.41, 5.74) is 3.43. The predicted molar refractivity (Wildman–Crippen MR) is 150 cm³/mol. The van der Waals surface area contributed by atoms with E-state index in [1.54, 1.807) is 53.4 Å². The molecule has 184 valence electrons. The molecule has 1 N–H and O–H groups in total. The number of carbonyl (C=O) groups excluding carboxylic acids is 2. The van der Waals surface area contributed by atoms with Crippen molar-refractivity contribution in [3.8, 4) is 0 Å². The molecule has 0 radical (unpaired) electrons. The topological polar surface area (TPSA) is 62.3 Å². The van der Waals surface area contributed by atoms with Gasteiger partial charge in [0.1, 0.15) is 0 Å². The Balaban J connectivity index is 1.29. The third kappa shape index (κ3) is 5.70. The number of hydrogen-bond donors (Lipinski definition) is 1. The zero-order chi connectivity index (χ0) is 25.1. The lowest BCUT2D eigenvalue weighted by Crippen LogP contribution is -2.36. The van der Waals surface area contributed by atoms with E-state index in [0.717, 1.165) is 58.2 Å². The Labute approximate surface area is 227 Å². The molecule has 36 heavy (non-hydrogen) atoms. The zero-order valence-corrected chi connectivity index (χ0v) is 22.4. The first kappa shape index (κ1) is 25.1. The van der Waals surface area contributed by atoms with Crippen molar-refractivity contribution in [3.63, 3.8) is 0 Å². The maximum Gasteiger partial charge on any atom is 0.256 e. The van der Waals surface area contributed by atoms with Gasteiger partial charge in [0, 0.05) is 24.5 Å². The van der Waals surface area contributed by atoms with E-state index in [1.807, 2.05) is 35.2 Å². The van der Waals surface area contributed by atoms with Crippen LogP contribution < -0.4 is 5.32 Å². The summed E-state index contributed by atoms with van der Waals surface area (Å²) < 4.78 is 1.90. The summed E-state index contributed by atoms with van der Waals surface area (Å²) in [4.78, 5) is 32.8. The molecule has 0 atom stereocenters. The Hall–Kier alpha value is -2.58. The van der Waals surface area contributed by atoms with Crippen molar-refractivity contribution < 1.29 is 9.59 Å². The lowest BCUT2D eigenvalue weighted by atomic mass is 10.0. The second-order valence-corrected chi connectivity index (χ2v) is 11.6. The number of thioether (sulfide) groups is 1. The molecule has 1 saturated heterocycles. The number of carbonyl (C=O) groups is 2. The quantitative estimate of drug-likeness (QED) is 0.247. The van der Waals surface area contributed by atoms with Crippen LogP contribution in [0.1, 0.15) is 45.5 Å². The Morgan fingerprint density at radius 3 is 2.50 bits per heavy atom. The summed E-state index contributed by atoms with van der Waals surface area (Å²) in [5.74, 6) is 0.346. The molecule has 5 rings (SSSR count). The fraction of sp³-hybridized carbons (Fsp3) is 0.222. The molecular weight excluding hydrogens is 533 g/mol. The van der Waals surface area contributed by atoms with Crippen LogP contribution in [0.2, 0.25) is 10.0 Å². The van der Waals surface area contributed by atoms with E-state index < -0.39 is 0 Å². The number of rotatable bonds is 6. The number of anilines is 1. The molecule has 1 aliphatic heterocycles. The van der Waals surface area contributed by atoms with E-state index in [0.29, 0.717) is 26.9 Å². The van der Waals surface area contributed by atoms with Crippen LogP contribution in [0.25, 0.3) is 10.2 Å². The number of hydrogen-bond acceptors (Lipinski definition) is 5. The summed E-state index contributed by atoms with van der Waals surface area (Å²) in [6.45, 7) is 1.48. The Kier molecular flexibility index (Phi) is 7.82. The minimum Gasteiger partial charge on any atom is -0.339 e. The maximum absolute atomic E-state index is 13.2. The molecule has 0 unspecified atom stereocenters. The van der Waals surface area contributed by atoms with Crippen LogP contribution in [0.4, 0.5) is 5.69 Å². The van der Waals surface area contributed by atoms with Crippen LogP contribution in [-0.2, 0) is 5.75 Å². The van der Waals surface area contributed by atoms with Crippen molar-refractivity contribution in [2.24, 2.45) is 0 Å². The van der Waals surface area contributed by atoms with Gasteiger partial charge in [-0.25, -0.2) is 4.98 Å². The first-order chi connectivity index (χ1) is 17.5. The van der Waals surface area contributed by atoms with Gasteiger partial charge in [0.2, 0.25) is 0 Å². The van der Waals surface area contributed by atoms with Gasteiger partial charge in [0.25, 0.3) is 11.8 Å². The molecule has 1 aromatic heterocycles. The molecule has 2 heterocycles. The third-order valence-electron chi connectivity index (χ3n) is 6.02. The van der Waals surface area contributed by atoms with Crippen molar-refractivity contribution >= 4 is 74.0 Å². The van der Waals surface area contributed by atoms with Crippen molar-refractivity contribution in [2.45, 2.75) is 29.4 Å². The first-order valence-corrected chi connectivity index (χ1v) is 14.2. The molecule has 5 nitrogen and oxygen atoms in total. The summed E-state index contributed by atoms with van der Waals surface area (Å²) >= 11 is 15.3. The highest BCUT2D eigenvalue weighted by Gasteiger charge is 2.23. The molecule has 0 saturated carbocycles. The molecule has 9 heteroatoms. The number of thiazole rings is 1. The highest BCUT2D eigenvalue weighted by molar-refractivity contribution is 8.00. The smallest absolute Gasteiger partial charge is 0.256 e. The SMILES string of the molecule is O=C(Nc1ccc2nc(SCc3ccc(Cl)c(Cl)c3)sc2c1)c1ccccc1C(=O)N1CCCCC1. The van der Waals surface area contributed by atoms with Crippen LogP contribution in [0.3, 0.4) is 0 Å². The molecule has 0 bridgehead atoms. The molecule has 3 aromatic carbocycles. The van der Waals surface area contributed by atoms with E-state index in [2.05, 4.69) is 5.32 Å². The van der Waals surface area contributed by atoms with Gasteiger partial charge in [0.15, 0.2) is 4.34 Å². The monoisotopic (exact) mass is 555 g/mol. The van der Waals surface area contributed by atoms with Gasteiger partial charge in [-0.2, -0.15) is 0 Å². The van der Waals surface area contributed by atoms with Gasteiger partial charge < -0.3 is 10.2 Å². The van der Waals surface area contributed by atoms with Gasteiger partial charge in [0.05, 0.1) is 31.4 Å². The van der Waals surface area contributed by atoms with Crippen LogP contribution in [0.5, 0.6) is 0 Å². The number of piperidine rings is 1. The van der Waals surface area contributed by atoms with Gasteiger partial charge in [-0.15, -0.1) is 11.3 Å². The second-order valence-electron chi connectivity index (χ2n) is 8.55. The molecule has 0 aliphatic carbocycles. The highest BCUT2D eigenvalue weighted by atomic mass is 35.5. The first-order valence-electron chi connectivity index (χ1n) is 11.6. The molecule has 0 spiro atoms. The average Bonchev–Trinajstić information content (AvgIpc) is 3.31. The number of amides is 2. The standard InChI is InChI=1S/C27H23Cl2N3O2S2/c28-21-10-8-17(14-22(21)29)16-35-27-31-23-11-9-18(15-24(23)36-27)30-25(33)19-6-2-3-7-20(19)26(34)32-12-4-1-5-13-32/h2-3,6-11,14-15H,1,4-5,12-13,16H2,(H,30,33). The van der Waals surface area contributed by atoms with Crippen LogP contribution >= 0.6 is 46.3 Å². The summed E-state index contributed by atoms with van der Waals surface area (Å²) in [6, 6.07) is 18.3. The van der Waals surface area contributed by atoms with Crippen LogP contribution in [0, 0.1) is 0 Å². The number of aromatic nitrogens is 1. The molecule has 4 aromatic rings. The maximum atomic E-state index is 13.2.